The van der Waals surface area contributed by atoms with Crippen molar-refractivity contribution in [3.8, 4) is 11.1 Å². The lowest BCUT2D eigenvalue weighted by molar-refractivity contribution is -0.116. The molecule has 0 bridgehead atoms. The Bertz CT molecular complexity index is 975. The Morgan fingerprint density at radius 2 is 1.69 bits per heavy atom. The predicted octanol–water partition coefficient (Wildman–Crippen LogP) is 4.72. The monoisotopic (exact) mass is 348 g/mol. The summed E-state index contributed by atoms with van der Waals surface area (Å²) in [5.74, 6) is 0.502. The van der Waals surface area contributed by atoms with Crippen LogP contribution in [0.3, 0.4) is 0 Å². The van der Waals surface area contributed by atoms with Crippen LogP contribution in [-0.2, 0) is 11.8 Å². The molecule has 0 unspecified atom stereocenters. The van der Waals surface area contributed by atoms with E-state index in [0.29, 0.717) is 23.2 Å². The minimum Gasteiger partial charge on any atom is -0.330 e. The molecule has 1 heterocycles. The van der Waals surface area contributed by atoms with Crippen LogP contribution in [0.1, 0.15) is 32.6 Å². The van der Waals surface area contributed by atoms with Gasteiger partial charge in [-0.05, 0) is 24.1 Å². The second kappa shape index (κ2) is 8.00. The smallest absolute Gasteiger partial charge is 0.225 e. The minimum atomic E-state index is -0.0613. The van der Waals surface area contributed by atoms with E-state index in [4.69, 9.17) is 0 Å². The van der Waals surface area contributed by atoms with Gasteiger partial charge in [0.25, 0.3) is 0 Å². The van der Waals surface area contributed by atoms with E-state index in [0.717, 1.165) is 30.3 Å². The van der Waals surface area contributed by atoms with Crippen LogP contribution in [0.25, 0.3) is 22.0 Å². The maximum atomic E-state index is 13.2. The van der Waals surface area contributed by atoms with Crippen molar-refractivity contribution in [2.45, 2.75) is 32.6 Å². The molecule has 134 valence electrons. The lowest BCUT2D eigenvalue weighted by atomic mass is 10.0. The Morgan fingerprint density at radius 1 is 1.00 bits per heavy atom. The van der Waals surface area contributed by atoms with Gasteiger partial charge in [0, 0.05) is 18.9 Å². The molecule has 0 aliphatic rings. The molecule has 0 aliphatic carbocycles. The quantitative estimate of drug-likeness (QED) is 0.655. The fourth-order valence-electron chi connectivity index (χ4n) is 3.24. The Labute approximate surface area is 153 Å². The van der Waals surface area contributed by atoms with E-state index < -0.39 is 0 Å². The molecule has 3 rings (SSSR count). The van der Waals surface area contributed by atoms with E-state index in [1.165, 1.54) is 0 Å². The number of fused-ring (bicyclic) bond motifs is 1. The van der Waals surface area contributed by atoms with Crippen LogP contribution < -0.4 is 10.7 Å². The highest BCUT2D eigenvalue weighted by Crippen LogP contribution is 2.28. The number of pyridine rings is 1. The second-order valence-corrected chi connectivity index (χ2v) is 6.50. The Morgan fingerprint density at radius 3 is 2.42 bits per heavy atom. The first-order valence-corrected chi connectivity index (χ1v) is 9.10. The normalized spacial score (nSPS) is 10.8. The molecule has 0 spiro atoms. The first-order chi connectivity index (χ1) is 12.6. The number of anilines is 1. The van der Waals surface area contributed by atoms with Crippen molar-refractivity contribution >= 4 is 22.6 Å². The maximum Gasteiger partial charge on any atom is 0.225 e. The number of benzene rings is 2. The molecule has 26 heavy (non-hydrogen) atoms. The van der Waals surface area contributed by atoms with E-state index in [1.807, 2.05) is 66.2 Å². The number of nitrogens with zero attached hydrogens (tertiary/aromatic N) is 1. The fourth-order valence-corrected chi connectivity index (χ4v) is 3.24. The van der Waals surface area contributed by atoms with Crippen molar-refractivity contribution < 1.29 is 4.79 Å². The number of aromatic nitrogens is 1. The number of hydrogen-bond acceptors (Lipinski definition) is 2. The van der Waals surface area contributed by atoms with Crippen molar-refractivity contribution in [3.63, 3.8) is 0 Å². The van der Waals surface area contributed by atoms with Crippen LogP contribution in [0.4, 0.5) is 5.82 Å². The van der Waals surface area contributed by atoms with Gasteiger partial charge >= 0.3 is 0 Å². The van der Waals surface area contributed by atoms with Gasteiger partial charge in [-0.2, -0.15) is 0 Å². The molecule has 1 N–H and O–H groups in total. The zero-order valence-electron chi connectivity index (χ0n) is 15.3. The van der Waals surface area contributed by atoms with Gasteiger partial charge in [0.1, 0.15) is 5.82 Å². The number of hydrogen-bond donors (Lipinski definition) is 1. The average molecular weight is 348 g/mol. The van der Waals surface area contributed by atoms with Crippen LogP contribution in [0.15, 0.2) is 59.4 Å². The van der Waals surface area contributed by atoms with Crippen molar-refractivity contribution in [1.29, 1.82) is 0 Å². The standard InChI is InChI=1S/C22H24N2O2/c1-3-4-6-15-19(25)23-22-20(16-11-7-5-8-12-16)21(26)17-13-9-10-14-18(17)24(22)2/h5,7-14H,3-4,6,15H2,1-2H3,(H,23,25). The van der Waals surface area contributed by atoms with E-state index in [1.54, 1.807) is 0 Å². The van der Waals surface area contributed by atoms with Gasteiger partial charge in [0.05, 0.1) is 11.1 Å². The summed E-state index contributed by atoms with van der Waals surface area (Å²) < 4.78 is 1.90. The third kappa shape index (κ3) is 3.54. The summed E-state index contributed by atoms with van der Waals surface area (Å²) in [6, 6.07) is 17.0. The van der Waals surface area contributed by atoms with E-state index in [-0.39, 0.29) is 11.3 Å². The van der Waals surface area contributed by atoms with Crippen molar-refractivity contribution in [2.75, 3.05) is 5.32 Å². The highest BCUT2D eigenvalue weighted by Gasteiger charge is 2.18. The van der Waals surface area contributed by atoms with E-state index in [2.05, 4.69) is 12.2 Å². The zero-order chi connectivity index (χ0) is 18.5. The number of amides is 1. The van der Waals surface area contributed by atoms with Gasteiger partial charge in [0.2, 0.25) is 5.91 Å². The summed E-state index contributed by atoms with van der Waals surface area (Å²) in [6.45, 7) is 2.11. The van der Waals surface area contributed by atoms with Gasteiger partial charge < -0.3 is 9.88 Å². The van der Waals surface area contributed by atoms with Crippen molar-refractivity contribution in [3.05, 3.63) is 64.8 Å². The van der Waals surface area contributed by atoms with Crippen molar-refractivity contribution in [1.82, 2.24) is 4.57 Å². The number of para-hydroxylation sites is 1. The molecular weight excluding hydrogens is 324 g/mol. The molecule has 1 amide bonds. The number of nitrogens with one attached hydrogen (secondary N) is 1. The molecule has 0 saturated carbocycles. The summed E-state index contributed by atoms with van der Waals surface area (Å²) in [7, 11) is 1.88. The van der Waals surface area contributed by atoms with Crippen LogP contribution in [0, 0.1) is 0 Å². The Hall–Kier alpha value is -2.88. The number of carbonyl (C=O) groups is 1. The SMILES string of the molecule is CCCCCC(=O)Nc1c(-c2ccccc2)c(=O)c2ccccc2n1C. The predicted molar refractivity (Wildman–Crippen MR) is 107 cm³/mol. The third-order valence-corrected chi connectivity index (χ3v) is 4.64. The van der Waals surface area contributed by atoms with Gasteiger partial charge in [-0.15, -0.1) is 0 Å². The van der Waals surface area contributed by atoms with Gasteiger partial charge in [-0.25, -0.2) is 0 Å². The number of rotatable bonds is 6. The lowest BCUT2D eigenvalue weighted by Crippen LogP contribution is -2.21. The first-order valence-electron chi connectivity index (χ1n) is 9.10. The molecule has 0 fully saturated rings. The number of unbranched alkanes of at least 4 members (excludes halogenated alkanes) is 2. The van der Waals surface area contributed by atoms with Crippen molar-refractivity contribution in [2.24, 2.45) is 7.05 Å². The third-order valence-electron chi connectivity index (χ3n) is 4.64. The number of carbonyl (C=O) groups excluding carboxylic acids is 1. The van der Waals surface area contributed by atoms with Gasteiger partial charge in [0.15, 0.2) is 5.43 Å². The van der Waals surface area contributed by atoms with Crippen LogP contribution in [-0.4, -0.2) is 10.5 Å². The Balaban J connectivity index is 2.15. The lowest BCUT2D eigenvalue weighted by Gasteiger charge is -2.18. The molecule has 3 aromatic rings. The molecule has 0 radical (unpaired) electrons. The number of aryl methyl sites for hydroxylation is 1. The average Bonchev–Trinajstić information content (AvgIpc) is 2.67. The molecule has 2 aromatic carbocycles. The molecule has 0 aliphatic heterocycles. The second-order valence-electron chi connectivity index (χ2n) is 6.50. The molecule has 4 heteroatoms. The molecule has 1 aromatic heterocycles. The van der Waals surface area contributed by atoms with Crippen LogP contribution >= 0.6 is 0 Å². The van der Waals surface area contributed by atoms with Crippen LogP contribution in [0.5, 0.6) is 0 Å². The summed E-state index contributed by atoms with van der Waals surface area (Å²) in [4.78, 5) is 25.6. The largest absolute Gasteiger partial charge is 0.330 e. The molecule has 4 nitrogen and oxygen atoms in total. The molecule has 0 saturated heterocycles. The first kappa shape index (κ1) is 17.9. The summed E-state index contributed by atoms with van der Waals surface area (Å²) in [6.07, 6.45) is 3.40. The topological polar surface area (TPSA) is 51.1 Å². The fraction of sp³-hybridized carbons (Fsp3) is 0.273. The Kier molecular flexibility index (Phi) is 5.52. The molecular formula is C22H24N2O2. The summed E-state index contributed by atoms with van der Waals surface area (Å²) in [5, 5.41) is 3.64. The minimum absolute atomic E-state index is 0.0547. The van der Waals surface area contributed by atoms with E-state index in [9.17, 15) is 9.59 Å². The maximum absolute atomic E-state index is 13.2. The van der Waals surface area contributed by atoms with Gasteiger partial charge in [-0.1, -0.05) is 62.2 Å². The molecule has 0 atom stereocenters. The summed E-state index contributed by atoms with van der Waals surface area (Å²) in [5.41, 5.74) is 2.09. The van der Waals surface area contributed by atoms with Crippen LogP contribution in [0.2, 0.25) is 0 Å². The van der Waals surface area contributed by atoms with Gasteiger partial charge in [-0.3, -0.25) is 9.59 Å². The highest BCUT2D eigenvalue weighted by molar-refractivity contribution is 5.98. The van der Waals surface area contributed by atoms with E-state index >= 15 is 0 Å². The highest BCUT2D eigenvalue weighted by atomic mass is 16.1. The summed E-state index contributed by atoms with van der Waals surface area (Å²) >= 11 is 0. The zero-order valence-corrected chi connectivity index (χ0v) is 15.3.